The van der Waals surface area contributed by atoms with Crippen molar-refractivity contribution in [3.05, 3.63) is 53.3 Å². The molecular formula is C18H20N4O. The fourth-order valence-electron chi connectivity index (χ4n) is 3.11. The average molecular weight is 308 g/mol. The van der Waals surface area contributed by atoms with Gasteiger partial charge in [0, 0.05) is 12.7 Å². The summed E-state index contributed by atoms with van der Waals surface area (Å²) < 4.78 is 1.92. The van der Waals surface area contributed by atoms with Gasteiger partial charge in [0.2, 0.25) is 5.91 Å². The van der Waals surface area contributed by atoms with Gasteiger partial charge in [-0.3, -0.25) is 9.48 Å². The molecule has 5 heteroatoms. The van der Waals surface area contributed by atoms with Gasteiger partial charge in [-0.25, -0.2) is 0 Å². The number of aromatic nitrogens is 2. The van der Waals surface area contributed by atoms with Crippen molar-refractivity contribution >= 4 is 5.91 Å². The molecule has 0 spiro atoms. The fourth-order valence-corrected chi connectivity index (χ4v) is 3.11. The van der Waals surface area contributed by atoms with Crippen molar-refractivity contribution in [3.63, 3.8) is 0 Å². The second kappa shape index (κ2) is 6.66. The third kappa shape index (κ3) is 3.59. The zero-order chi connectivity index (χ0) is 16.2. The minimum Gasteiger partial charge on any atom is -0.338 e. The summed E-state index contributed by atoms with van der Waals surface area (Å²) in [6, 6.07) is 9.56. The Morgan fingerprint density at radius 2 is 2.17 bits per heavy atom. The highest BCUT2D eigenvalue weighted by Crippen LogP contribution is 2.20. The Balaban J connectivity index is 1.64. The molecule has 2 aromatic rings. The highest BCUT2D eigenvalue weighted by molar-refractivity contribution is 5.79. The Morgan fingerprint density at radius 3 is 2.83 bits per heavy atom. The van der Waals surface area contributed by atoms with E-state index >= 15 is 0 Å². The number of nitriles is 1. The van der Waals surface area contributed by atoms with E-state index in [1.165, 1.54) is 0 Å². The molecule has 0 N–H and O–H groups in total. The predicted octanol–water partition coefficient (Wildman–Crippen LogP) is 2.30. The number of aryl methyl sites for hydroxylation is 1. The summed E-state index contributed by atoms with van der Waals surface area (Å²) in [5.41, 5.74) is 2.71. The number of nitrogens with zero attached hydrogens (tertiary/aromatic N) is 4. The smallest absolute Gasteiger partial charge is 0.227 e. The fraction of sp³-hybridized carbons (Fsp3) is 0.389. The predicted molar refractivity (Wildman–Crippen MR) is 86.6 cm³/mol. The molecule has 1 atom stereocenters. The van der Waals surface area contributed by atoms with Crippen LogP contribution in [0.1, 0.15) is 29.5 Å². The van der Waals surface area contributed by atoms with E-state index in [0.29, 0.717) is 12.0 Å². The number of carbonyl (C=O) groups is 1. The van der Waals surface area contributed by atoms with Gasteiger partial charge in [0.1, 0.15) is 0 Å². The zero-order valence-corrected chi connectivity index (χ0v) is 13.3. The third-order valence-electron chi connectivity index (χ3n) is 4.30. The second-order valence-corrected chi connectivity index (χ2v) is 6.11. The summed E-state index contributed by atoms with van der Waals surface area (Å²) in [4.78, 5) is 14.6. The van der Waals surface area contributed by atoms with Crippen molar-refractivity contribution in [1.29, 1.82) is 5.26 Å². The van der Waals surface area contributed by atoms with Gasteiger partial charge in [-0.15, -0.1) is 0 Å². The molecule has 23 heavy (non-hydrogen) atoms. The summed E-state index contributed by atoms with van der Waals surface area (Å²) in [5, 5.41) is 13.2. The quantitative estimate of drug-likeness (QED) is 0.870. The first-order valence-corrected chi connectivity index (χ1v) is 7.93. The lowest BCUT2D eigenvalue weighted by atomic mass is 10.1. The molecule has 0 saturated carbocycles. The highest BCUT2D eigenvalue weighted by Gasteiger charge is 2.28. The molecule has 5 nitrogen and oxygen atoms in total. The summed E-state index contributed by atoms with van der Waals surface area (Å²) in [6.45, 7) is 3.60. The Labute approximate surface area is 136 Å². The van der Waals surface area contributed by atoms with Crippen molar-refractivity contribution < 1.29 is 4.79 Å². The first-order valence-electron chi connectivity index (χ1n) is 7.93. The van der Waals surface area contributed by atoms with Crippen LogP contribution in [0, 0.1) is 18.3 Å². The van der Waals surface area contributed by atoms with Gasteiger partial charge >= 0.3 is 0 Å². The highest BCUT2D eigenvalue weighted by atomic mass is 16.2. The molecule has 0 unspecified atom stereocenters. The number of rotatable bonds is 4. The normalized spacial score (nSPS) is 17.2. The van der Waals surface area contributed by atoms with Crippen LogP contribution in [0.3, 0.4) is 0 Å². The van der Waals surface area contributed by atoms with Gasteiger partial charge in [0.15, 0.2) is 0 Å². The SMILES string of the molecule is Cc1cnn(C[C@H]2CCCN2C(=O)Cc2ccc(C#N)cc2)c1. The Hall–Kier alpha value is -2.61. The molecule has 118 valence electrons. The lowest BCUT2D eigenvalue weighted by molar-refractivity contribution is -0.131. The van der Waals surface area contributed by atoms with Crippen molar-refractivity contribution in [1.82, 2.24) is 14.7 Å². The monoisotopic (exact) mass is 308 g/mol. The minimum atomic E-state index is 0.154. The number of likely N-dealkylation sites (tertiary alicyclic amines) is 1. The van der Waals surface area contributed by atoms with Gasteiger partial charge in [-0.2, -0.15) is 10.4 Å². The molecule has 0 radical (unpaired) electrons. The van der Waals surface area contributed by atoms with Crippen molar-refractivity contribution in [2.45, 2.75) is 38.8 Å². The van der Waals surface area contributed by atoms with E-state index < -0.39 is 0 Å². The van der Waals surface area contributed by atoms with E-state index in [2.05, 4.69) is 11.2 Å². The van der Waals surface area contributed by atoms with Crippen LogP contribution >= 0.6 is 0 Å². The summed E-state index contributed by atoms with van der Waals surface area (Å²) in [5.74, 6) is 0.154. The molecule has 1 aromatic carbocycles. The third-order valence-corrected chi connectivity index (χ3v) is 4.30. The first kappa shape index (κ1) is 15.3. The van der Waals surface area contributed by atoms with Crippen LogP contribution in [0.25, 0.3) is 0 Å². The molecule has 1 aromatic heterocycles. The maximum atomic E-state index is 12.6. The van der Waals surface area contributed by atoms with Crippen LogP contribution in [-0.2, 0) is 17.8 Å². The lowest BCUT2D eigenvalue weighted by Gasteiger charge is -2.25. The molecule has 1 aliphatic heterocycles. The molecule has 1 saturated heterocycles. The molecule has 1 fully saturated rings. The molecule has 1 aliphatic rings. The van der Waals surface area contributed by atoms with Crippen LogP contribution in [0.2, 0.25) is 0 Å². The Morgan fingerprint density at radius 1 is 1.39 bits per heavy atom. The maximum absolute atomic E-state index is 12.6. The standard InChI is InChI=1S/C18H20N4O/c1-14-11-20-21(12-14)13-17-3-2-8-22(17)18(23)9-15-4-6-16(10-19)7-5-15/h4-7,11-12,17H,2-3,8-9,13H2,1H3/t17-/m1/s1. The van der Waals surface area contributed by atoms with Gasteiger partial charge in [-0.1, -0.05) is 12.1 Å². The zero-order valence-electron chi connectivity index (χ0n) is 13.3. The van der Waals surface area contributed by atoms with Crippen molar-refractivity contribution in [2.24, 2.45) is 0 Å². The molecule has 2 heterocycles. The molecular weight excluding hydrogens is 288 g/mol. The minimum absolute atomic E-state index is 0.154. The number of carbonyl (C=O) groups excluding carboxylic acids is 1. The van der Waals surface area contributed by atoms with Crippen LogP contribution in [0.4, 0.5) is 0 Å². The number of benzene rings is 1. The van der Waals surface area contributed by atoms with Crippen molar-refractivity contribution in [3.8, 4) is 6.07 Å². The lowest BCUT2D eigenvalue weighted by Crippen LogP contribution is -2.39. The Kier molecular flexibility index (Phi) is 4.42. The maximum Gasteiger partial charge on any atom is 0.227 e. The average Bonchev–Trinajstić information content (AvgIpc) is 3.17. The molecule has 3 rings (SSSR count). The van der Waals surface area contributed by atoms with Crippen LogP contribution < -0.4 is 0 Å². The largest absolute Gasteiger partial charge is 0.338 e. The van der Waals surface area contributed by atoms with Crippen molar-refractivity contribution in [2.75, 3.05) is 6.54 Å². The van der Waals surface area contributed by atoms with Gasteiger partial charge in [0.05, 0.1) is 36.8 Å². The summed E-state index contributed by atoms with van der Waals surface area (Å²) in [6.07, 6.45) is 6.32. The topological polar surface area (TPSA) is 61.9 Å². The van der Waals surface area contributed by atoms with E-state index in [9.17, 15) is 4.79 Å². The van der Waals surface area contributed by atoms with E-state index in [-0.39, 0.29) is 11.9 Å². The molecule has 0 bridgehead atoms. The van der Waals surface area contributed by atoms with E-state index in [1.54, 1.807) is 12.1 Å². The van der Waals surface area contributed by atoms with Crippen LogP contribution in [0.15, 0.2) is 36.7 Å². The summed E-state index contributed by atoms with van der Waals surface area (Å²) in [7, 11) is 0. The van der Waals surface area contributed by atoms with Crippen LogP contribution in [-0.4, -0.2) is 33.2 Å². The van der Waals surface area contributed by atoms with Gasteiger partial charge < -0.3 is 4.90 Å². The second-order valence-electron chi connectivity index (χ2n) is 6.11. The van der Waals surface area contributed by atoms with Crippen LogP contribution in [0.5, 0.6) is 0 Å². The first-order chi connectivity index (χ1) is 11.2. The van der Waals surface area contributed by atoms with Gasteiger partial charge in [0.25, 0.3) is 0 Å². The van der Waals surface area contributed by atoms with E-state index in [1.807, 2.05) is 41.0 Å². The number of amides is 1. The molecule has 0 aliphatic carbocycles. The number of hydrogen-bond acceptors (Lipinski definition) is 3. The molecule has 1 amide bonds. The van der Waals surface area contributed by atoms with E-state index in [0.717, 1.165) is 37.1 Å². The van der Waals surface area contributed by atoms with E-state index in [4.69, 9.17) is 5.26 Å². The van der Waals surface area contributed by atoms with Gasteiger partial charge in [-0.05, 0) is 43.0 Å². The summed E-state index contributed by atoms with van der Waals surface area (Å²) >= 11 is 0. The Bertz CT molecular complexity index is 726. The number of hydrogen-bond donors (Lipinski definition) is 0.